The van der Waals surface area contributed by atoms with Gasteiger partial charge in [-0.2, -0.15) is 0 Å². The molecule has 0 bridgehead atoms. The summed E-state index contributed by atoms with van der Waals surface area (Å²) in [5, 5.41) is 21.0. The number of epoxide rings is 1. The minimum absolute atomic E-state index is 0.0222. The molecule has 5 rings (SSSR count). The van der Waals surface area contributed by atoms with Gasteiger partial charge in [-0.3, -0.25) is 9.59 Å². The van der Waals surface area contributed by atoms with Crippen molar-refractivity contribution >= 4 is 11.6 Å². The van der Waals surface area contributed by atoms with Crippen LogP contribution in [0.2, 0.25) is 0 Å². The highest BCUT2D eigenvalue weighted by Gasteiger charge is 2.82. The second-order valence-corrected chi connectivity index (χ2v) is 10.2. The number of ketones is 2. The Morgan fingerprint density at radius 2 is 2.04 bits per heavy atom. The molecule has 0 aromatic heterocycles. The standard InChI is InChI=1S/C22H30O5/c1-12-8-16-15-5-4-13-9-14(24)6-7-19(13,2)22(15)18(27-22)10-20(16,3)21(12,26)17(25)11-23/h9,12,15-16,18,23,26H,4-8,10-11H2,1-3H3/t12-,15?,16?,18+,19+,20+,21+,22-/m1/s1. The number of ether oxygens (including phenoxy) is 1. The average molecular weight is 374 g/mol. The van der Waals surface area contributed by atoms with E-state index in [9.17, 15) is 19.8 Å². The summed E-state index contributed by atoms with van der Waals surface area (Å²) in [5.41, 5.74) is -1.15. The Morgan fingerprint density at radius 1 is 1.30 bits per heavy atom. The molecule has 5 heteroatoms. The van der Waals surface area contributed by atoms with Crippen LogP contribution in [0.15, 0.2) is 11.6 Å². The van der Waals surface area contributed by atoms with Crippen LogP contribution in [-0.4, -0.2) is 45.7 Å². The van der Waals surface area contributed by atoms with E-state index in [1.165, 1.54) is 5.57 Å². The number of hydrogen-bond donors (Lipinski definition) is 2. The fraction of sp³-hybridized carbons (Fsp3) is 0.818. The Labute approximate surface area is 160 Å². The quantitative estimate of drug-likeness (QED) is 0.724. The monoisotopic (exact) mass is 374 g/mol. The van der Waals surface area contributed by atoms with Crippen LogP contribution in [0, 0.1) is 28.6 Å². The van der Waals surface area contributed by atoms with E-state index in [0.717, 1.165) is 25.7 Å². The van der Waals surface area contributed by atoms with Crippen molar-refractivity contribution in [2.24, 2.45) is 28.6 Å². The first kappa shape index (κ1) is 18.0. The van der Waals surface area contributed by atoms with E-state index in [2.05, 4.69) is 6.92 Å². The van der Waals surface area contributed by atoms with Crippen molar-refractivity contribution < 1.29 is 24.5 Å². The van der Waals surface area contributed by atoms with Gasteiger partial charge in [-0.15, -0.1) is 0 Å². The molecule has 1 heterocycles. The second-order valence-electron chi connectivity index (χ2n) is 10.2. The fourth-order valence-electron chi connectivity index (χ4n) is 8.07. The number of fused-ring (bicyclic) bond motifs is 3. The van der Waals surface area contributed by atoms with Crippen LogP contribution in [0.1, 0.15) is 59.3 Å². The summed E-state index contributed by atoms with van der Waals surface area (Å²) in [6.07, 6.45) is 6.59. The maximum absolute atomic E-state index is 12.6. The molecule has 2 unspecified atom stereocenters. The minimum Gasteiger partial charge on any atom is -0.388 e. The summed E-state index contributed by atoms with van der Waals surface area (Å²) in [7, 11) is 0. The summed E-state index contributed by atoms with van der Waals surface area (Å²) in [6, 6.07) is 0. The smallest absolute Gasteiger partial charge is 0.190 e. The first-order valence-corrected chi connectivity index (χ1v) is 10.4. The Morgan fingerprint density at radius 3 is 2.74 bits per heavy atom. The van der Waals surface area contributed by atoms with Crippen LogP contribution < -0.4 is 0 Å². The maximum Gasteiger partial charge on any atom is 0.190 e. The number of aliphatic hydroxyl groups is 2. The van der Waals surface area contributed by atoms with E-state index in [0.29, 0.717) is 18.8 Å². The summed E-state index contributed by atoms with van der Waals surface area (Å²) >= 11 is 0. The van der Waals surface area contributed by atoms with E-state index >= 15 is 0 Å². The molecule has 2 N–H and O–H groups in total. The van der Waals surface area contributed by atoms with Crippen molar-refractivity contribution in [1.82, 2.24) is 0 Å². The lowest BCUT2D eigenvalue weighted by atomic mass is 9.46. The van der Waals surface area contributed by atoms with Gasteiger partial charge in [0.2, 0.25) is 0 Å². The number of carbonyl (C=O) groups is 2. The predicted molar refractivity (Wildman–Crippen MR) is 97.8 cm³/mol. The number of rotatable bonds is 2. The van der Waals surface area contributed by atoms with Gasteiger partial charge in [-0.05, 0) is 55.9 Å². The third-order valence-corrected chi connectivity index (χ3v) is 9.49. The molecule has 0 aromatic carbocycles. The molecule has 1 spiro atoms. The molecule has 148 valence electrons. The molecule has 5 nitrogen and oxygen atoms in total. The molecule has 8 atom stereocenters. The Hall–Kier alpha value is -1.04. The first-order valence-electron chi connectivity index (χ1n) is 10.4. The predicted octanol–water partition coefficient (Wildman–Crippen LogP) is 2.19. The maximum atomic E-state index is 12.6. The van der Waals surface area contributed by atoms with Gasteiger partial charge in [0.15, 0.2) is 11.6 Å². The average Bonchev–Trinajstić information content (AvgIpc) is 3.31. The van der Waals surface area contributed by atoms with E-state index in [4.69, 9.17) is 4.74 Å². The molecule has 1 aliphatic heterocycles. The van der Waals surface area contributed by atoms with Crippen molar-refractivity contribution in [1.29, 1.82) is 0 Å². The van der Waals surface area contributed by atoms with Crippen LogP contribution in [0.5, 0.6) is 0 Å². The molecule has 5 aliphatic rings. The lowest BCUT2D eigenvalue weighted by Crippen LogP contribution is -2.62. The molecule has 1 saturated heterocycles. The van der Waals surface area contributed by atoms with Gasteiger partial charge >= 0.3 is 0 Å². The molecular formula is C22H30O5. The topological polar surface area (TPSA) is 87.1 Å². The lowest BCUT2D eigenvalue weighted by molar-refractivity contribution is -0.166. The van der Waals surface area contributed by atoms with Gasteiger partial charge in [0.1, 0.15) is 17.8 Å². The van der Waals surface area contributed by atoms with Crippen molar-refractivity contribution in [3.8, 4) is 0 Å². The van der Waals surface area contributed by atoms with Crippen LogP contribution in [0.4, 0.5) is 0 Å². The lowest BCUT2D eigenvalue weighted by Gasteiger charge is -2.56. The van der Waals surface area contributed by atoms with E-state index < -0.39 is 23.4 Å². The van der Waals surface area contributed by atoms with Gasteiger partial charge in [-0.1, -0.05) is 26.3 Å². The Balaban J connectivity index is 1.59. The highest BCUT2D eigenvalue weighted by Crippen LogP contribution is 2.76. The third kappa shape index (κ3) is 1.78. The zero-order chi connectivity index (χ0) is 19.4. The number of hydrogen-bond acceptors (Lipinski definition) is 5. The molecule has 0 radical (unpaired) electrons. The van der Waals surface area contributed by atoms with Gasteiger partial charge in [0, 0.05) is 17.3 Å². The second kappa shape index (κ2) is 5.11. The van der Waals surface area contributed by atoms with Crippen LogP contribution in [0.3, 0.4) is 0 Å². The van der Waals surface area contributed by atoms with Crippen molar-refractivity contribution in [3.63, 3.8) is 0 Å². The van der Waals surface area contributed by atoms with E-state index in [1.54, 1.807) is 0 Å². The Bertz CT molecular complexity index is 773. The zero-order valence-electron chi connectivity index (χ0n) is 16.5. The van der Waals surface area contributed by atoms with Gasteiger partial charge in [0.05, 0.1) is 6.10 Å². The number of aliphatic hydroxyl groups excluding tert-OH is 1. The highest BCUT2D eigenvalue weighted by molar-refractivity contribution is 5.92. The van der Waals surface area contributed by atoms with Crippen molar-refractivity contribution in [2.75, 3.05) is 6.61 Å². The van der Waals surface area contributed by atoms with Crippen molar-refractivity contribution in [2.45, 2.75) is 76.6 Å². The summed E-state index contributed by atoms with van der Waals surface area (Å²) in [4.78, 5) is 24.6. The van der Waals surface area contributed by atoms with Crippen molar-refractivity contribution in [3.05, 3.63) is 11.6 Å². The largest absolute Gasteiger partial charge is 0.388 e. The SMILES string of the molecule is C[C@@H]1CC2C3CCC4=CC(=O)CC[C@]4(C)[C@@]34O[C@H]4C[C@]2(C)[C@@]1(O)C(=O)CO. The zero-order valence-corrected chi connectivity index (χ0v) is 16.5. The molecule has 0 amide bonds. The highest BCUT2D eigenvalue weighted by atomic mass is 16.6. The normalized spacial score (nSPS) is 55.7. The van der Waals surface area contributed by atoms with Crippen LogP contribution >= 0.6 is 0 Å². The van der Waals surface area contributed by atoms with E-state index in [1.807, 2.05) is 19.9 Å². The number of Topliss-reactive ketones (excluding diaryl/α,β-unsaturated/α-hetero) is 1. The Kier molecular flexibility index (Phi) is 3.41. The molecule has 27 heavy (non-hydrogen) atoms. The molecule has 0 aromatic rings. The summed E-state index contributed by atoms with van der Waals surface area (Å²) < 4.78 is 6.48. The minimum atomic E-state index is -1.48. The summed E-state index contributed by atoms with van der Waals surface area (Å²) in [5.74, 6) is 0.105. The number of carbonyl (C=O) groups excluding carboxylic acids is 2. The fourth-order valence-corrected chi connectivity index (χ4v) is 8.07. The molecular weight excluding hydrogens is 344 g/mol. The van der Waals surface area contributed by atoms with E-state index in [-0.39, 0.29) is 34.7 Å². The molecule has 3 saturated carbocycles. The van der Waals surface area contributed by atoms with Gasteiger partial charge < -0.3 is 14.9 Å². The van der Waals surface area contributed by atoms with Crippen LogP contribution in [0.25, 0.3) is 0 Å². The third-order valence-electron chi connectivity index (χ3n) is 9.49. The molecule has 4 aliphatic carbocycles. The van der Waals surface area contributed by atoms with Gasteiger partial charge in [-0.25, -0.2) is 0 Å². The summed E-state index contributed by atoms with van der Waals surface area (Å²) in [6.45, 7) is 5.64. The first-order chi connectivity index (χ1) is 12.6. The molecule has 4 fully saturated rings. The van der Waals surface area contributed by atoms with Gasteiger partial charge in [0.25, 0.3) is 0 Å². The van der Waals surface area contributed by atoms with Crippen LogP contribution in [-0.2, 0) is 14.3 Å².